The molecule has 0 saturated carbocycles. The van der Waals surface area contributed by atoms with E-state index in [1.165, 1.54) is 16.7 Å². The standard InChI is InChI=1S/C19H24N4O3/c1-4-26-18-11-25-10-17(18)23-9-15(20-21-23)19(24)22-6-5-14-7-12(2)13(3)8-16(14)22/h7-9,17-18H,4-6,10-11H2,1-3H3/t17-,18-/m1/s1. The van der Waals surface area contributed by atoms with E-state index in [2.05, 4.69) is 36.3 Å². The summed E-state index contributed by atoms with van der Waals surface area (Å²) in [7, 11) is 0. The van der Waals surface area contributed by atoms with Crippen molar-refractivity contribution in [2.75, 3.05) is 31.3 Å². The number of benzene rings is 1. The second kappa shape index (κ2) is 6.81. The summed E-state index contributed by atoms with van der Waals surface area (Å²) < 4.78 is 12.9. The summed E-state index contributed by atoms with van der Waals surface area (Å²) in [5.41, 5.74) is 5.01. The molecule has 0 unspecified atom stereocenters. The number of anilines is 1. The van der Waals surface area contributed by atoms with Gasteiger partial charge in [-0.25, -0.2) is 4.68 Å². The van der Waals surface area contributed by atoms with E-state index >= 15 is 0 Å². The highest BCUT2D eigenvalue weighted by molar-refractivity contribution is 6.05. The minimum absolute atomic E-state index is 0.0419. The largest absolute Gasteiger partial charge is 0.376 e. The molecule has 1 fully saturated rings. The fraction of sp³-hybridized carbons (Fsp3) is 0.526. The Hall–Kier alpha value is -2.25. The third-order valence-electron chi connectivity index (χ3n) is 5.29. The molecule has 2 aliphatic rings. The van der Waals surface area contributed by atoms with E-state index in [1.54, 1.807) is 15.8 Å². The van der Waals surface area contributed by atoms with E-state index in [0.717, 1.165) is 12.1 Å². The van der Waals surface area contributed by atoms with Crippen LogP contribution in [0, 0.1) is 13.8 Å². The summed E-state index contributed by atoms with van der Waals surface area (Å²) >= 11 is 0. The predicted molar refractivity (Wildman–Crippen MR) is 96.6 cm³/mol. The molecule has 2 aliphatic heterocycles. The Balaban J connectivity index is 1.56. The van der Waals surface area contributed by atoms with Gasteiger partial charge < -0.3 is 14.4 Å². The minimum atomic E-state index is -0.106. The van der Waals surface area contributed by atoms with Gasteiger partial charge in [0.25, 0.3) is 5.91 Å². The average molecular weight is 356 g/mol. The van der Waals surface area contributed by atoms with Gasteiger partial charge in [-0.2, -0.15) is 0 Å². The summed E-state index contributed by atoms with van der Waals surface area (Å²) in [6.07, 6.45) is 2.54. The molecule has 138 valence electrons. The van der Waals surface area contributed by atoms with Crippen molar-refractivity contribution < 1.29 is 14.3 Å². The first kappa shape index (κ1) is 17.2. The third kappa shape index (κ3) is 2.91. The molecule has 0 bridgehead atoms. The van der Waals surface area contributed by atoms with E-state index in [4.69, 9.17) is 9.47 Å². The number of ether oxygens (including phenoxy) is 2. The van der Waals surface area contributed by atoms with E-state index in [9.17, 15) is 4.79 Å². The maximum absolute atomic E-state index is 13.0. The molecule has 1 amide bonds. The van der Waals surface area contributed by atoms with Gasteiger partial charge >= 0.3 is 0 Å². The number of hydrogen-bond acceptors (Lipinski definition) is 5. The van der Waals surface area contributed by atoms with E-state index in [0.29, 0.717) is 32.1 Å². The molecule has 2 aromatic rings. The van der Waals surface area contributed by atoms with Crippen molar-refractivity contribution in [1.82, 2.24) is 15.0 Å². The van der Waals surface area contributed by atoms with Crippen molar-refractivity contribution in [3.63, 3.8) is 0 Å². The van der Waals surface area contributed by atoms with Crippen molar-refractivity contribution >= 4 is 11.6 Å². The van der Waals surface area contributed by atoms with Crippen LogP contribution in [-0.2, 0) is 15.9 Å². The van der Waals surface area contributed by atoms with Crippen molar-refractivity contribution in [2.45, 2.75) is 39.3 Å². The Kier molecular flexibility index (Phi) is 4.50. The van der Waals surface area contributed by atoms with Gasteiger partial charge in [-0.1, -0.05) is 11.3 Å². The first-order valence-corrected chi connectivity index (χ1v) is 9.11. The minimum Gasteiger partial charge on any atom is -0.376 e. The van der Waals surface area contributed by atoms with Crippen LogP contribution in [0.2, 0.25) is 0 Å². The molecule has 7 nitrogen and oxygen atoms in total. The Bertz CT molecular complexity index is 832. The fourth-order valence-electron chi connectivity index (χ4n) is 3.69. The number of fused-ring (bicyclic) bond motifs is 1. The van der Waals surface area contributed by atoms with Crippen LogP contribution >= 0.6 is 0 Å². The number of aromatic nitrogens is 3. The normalized spacial score (nSPS) is 22.0. The monoisotopic (exact) mass is 356 g/mol. The van der Waals surface area contributed by atoms with Gasteiger partial charge in [0.2, 0.25) is 0 Å². The molecule has 0 aliphatic carbocycles. The quantitative estimate of drug-likeness (QED) is 0.839. The molecule has 1 aromatic carbocycles. The number of nitrogens with zero attached hydrogens (tertiary/aromatic N) is 4. The average Bonchev–Trinajstić information content (AvgIpc) is 3.34. The predicted octanol–water partition coefficient (Wildman–Crippen LogP) is 2.07. The van der Waals surface area contributed by atoms with Crippen LogP contribution < -0.4 is 4.90 Å². The molecule has 1 saturated heterocycles. The van der Waals surface area contributed by atoms with Crippen LogP contribution in [0.5, 0.6) is 0 Å². The summed E-state index contributed by atoms with van der Waals surface area (Å²) in [5.74, 6) is -0.106. The SMILES string of the molecule is CCO[C@@H]1COC[C@H]1n1cc(C(=O)N2CCc3cc(C)c(C)cc32)nn1. The Labute approximate surface area is 152 Å². The lowest BCUT2D eigenvalue weighted by atomic mass is 10.0. The van der Waals surface area contributed by atoms with Crippen LogP contribution in [0.15, 0.2) is 18.3 Å². The van der Waals surface area contributed by atoms with Crippen LogP contribution in [0.3, 0.4) is 0 Å². The topological polar surface area (TPSA) is 69.5 Å². The fourth-order valence-corrected chi connectivity index (χ4v) is 3.69. The summed E-state index contributed by atoms with van der Waals surface area (Å²) in [4.78, 5) is 14.8. The molecule has 0 spiro atoms. The second-order valence-electron chi connectivity index (χ2n) is 6.95. The maximum atomic E-state index is 13.0. The lowest BCUT2D eigenvalue weighted by Gasteiger charge is -2.17. The Morgan fingerprint density at radius 1 is 1.31 bits per heavy atom. The lowest BCUT2D eigenvalue weighted by Crippen LogP contribution is -2.29. The zero-order valence-electron chi connectivity index (χ0n) is 15.4. The number of carbonyl (C=O) groups excluding carboxylic acids is 1. The van der Waals surface area contributed by atoms with Gasteiger partial charge in [0.05, 0.1) is 19.4 Å². The highest BCUT2D eigenvalue weighted by Gasteiger charge is 2.33. The van der Waals surface area contributed by atoms with Gasteiger partial charge in [-0.05, 0) is 49.9 Å². The van der Waals surface area contributed by atoms with E-state index in [1.807, 2.05) is 6.92 Å². The number of aryl methyl sites for hydroxylation is 2. The zero-order valence-corrected chi connectivity index (χ0v) is 15.4. The molecule has 1 aromatic heterocycles. The van der Waals surface area contributed by atoms with Gasteiger partial charge in [0.15, 0.2) is 5.69 Å². The third-order valence-corrected chi connectivity index (χ3v) is 5.29. The number of carbonyl (C=O) groups is 1. The van der Waals surface area contributed by atoms with E-state index < -0.39 is 0 Å². The van der Waals surface area contributed by atoms with Gasteiger partial charge in [-0.3, -0.25) is 4.79 Å². The molecule has 2 atom stereocenters. The molecule has 3 heterocycles. The molecular formula is C19H24N4O3. The molecular weight excluding hydrogens is 332 g/mol. The molecule has 0 radical (unpaired) electrons. The Morgan fingerprint density at radius 2 is 2.12 bits per heavy atom. The molecule has 4 rings (SSSR count). The zero-order chi connectivity index (χ0) is 18.3. The van der Waals surface area contributed by atoms with Gasteiger partial charge in [0, 0.05) is 18.8 Å². The van der Waals surface area contributed by atoms with Gasteiger partial charge in [0.1, 0.15) is 12.1 Å². The van der Waals surface area contributed by atoms with Crippen molar-refractivity contribution in [1.29, 1.82) is 0 Å². The first-order valence-electron chi connectivity index (χ1n) is 9.11. The van der Waals surface area contributed by atoms with Gasteiger partial charge in [-0.15, -0.1) is 5.10 Å². The molecule has 7 heteroatoms. The first-order chi connectivity index (χ1) is 12.6. The molecule has 26 heavy (non-hydrogen) atoms. The van der Waals surface area contributed by atoms with Crippen LogP contribution in [0.4, 0.5) is 5.69 Å². The lowest BCUT2D eigenvalue weighted by molar-refractivity contribution is 0.0340. The smallest absolute Gasteiger partial charge is 0.280 e. The second-order valence-corrected chi connectivity index (χ2v) is 6.95. The van der Waals surface area contributed by atoms with E-state index in [-0.39, 0.29) is 18.1 Å². The van der Waals surface area contributed by atoms with Crippen LogP contribution in [-0.4, -0.2) is 53.4 Å². The summed E-state index contributed by atoms with van der Waals surface area (Å²) in [6.45, 7) is 8.49. The van der Waals surface area contributed by atoms with Crippen molar-refractivity contribution in [2.24, 2.45) is 0 Å². The highest BCUT2D eigenvalue weighted by Crippen LogP contribution is 2.32. The summed E-state index contributed by atoms with van der Waals surface area (Å²) in [6, 6.07) is 4.23. The summed E-state index contributed by atoms with van der Waals surface area (Å²) in [5, 5.41) is 8.29. The Morgan fingerprint density at radius 3 is 2.92 bits per heavy atom. The van der Waals surface area contributed by atoms with Crippen LogP contribution in [0.25, 0.3) is 0 Å². The van der Waals surface area contributed by atoms with Crippen molar-refractivity contribution in [3.05, 3.63) is 40.7 Å². The maximum Gasteiger partial charge on any atom is 0.280 e. The highest BCUT2D eigenvalue weighted by atomic mass is 16.5. The number of hydrogen-bond donors (Lipinski definition) is 0. The number of amides is 1. The number of rotatable bonds is 4. The molecule has 0 N–H and O–H groups in total. The van der Waals surface area contributed by atoms with Crippen molar-refractivity contribution in [3.8, 4) is 0 Å². The van der Waals surface area contributed by atoms with Crippen LogP contribution in [0.1, 0.15) is 40.1 Å².